The zero-order valence-corrected chi connectivity index (χ0v) is 21.2. The average molecular weight is 508 g/mol. The molecule has 37 heavy (non-hydrogen) atoms. The van der Waals surface area contributed by atoms with Gasteiger partial charge in [-0.15, -0.1) is 0 Å². The fourth-order valence-electron chi connectivity index (χ4n) is 5.21. The number of aromatic nitrogens is 1. The number of para-hydroxylation sites is 1. The molecule has 1 aromatic heterocycles. The molecule has 1 saturated heterocycles. The van der Waals surface area contributed by atoms with Gasteiger partial charge in [-0.05, 0) is 45.4 Å². The van der Waals surface area contributed by atoms with Crippen LogP contribution in [0.5, 0.6) is 0 Å². The second-order valence-electron chi connectivity index (χ2n) is 10.5. The first-order chi connectivity index (χ1) is 17.5. The van der Waals surface area contributed by atoms with E-state index in [1.54, 1.807) is 32.6 Å². The van der Waals surface area contributed by atoms with Gasteiger partial charge < -0.3 is 24.4 Å². The van der Waals surface area contributed by atoms with Gasteiger partial charge in [0.1, 0.15) is 18.8 Å². The lowest BCUT2D eigenvalue weighted by molar-refractivity contribution is -0.204. The number of ether oxygens (including phenoxy) is 3. The maximum absolute atomic E-state index is 13.6. The monoisotopic (exact) mass is 507 g/mol. The van der Waals surface area contributed by atoms with Crippen molar-refractivity contribution in [3.8, 4) is 0 Å². The van der Waals surface area contributed by atoms with Crippen LogP contribution in [0.4, 0.5) is 4.79 Å². The van der Waals surface area contributed by atoms with Gasteiger partial charge in [0.2, 0.25) is 11.5 Å². The predicted octanol–water partition coefficient (Wildman–Crippen LogP) is 2.94. The quantitative estimate of drug-likeness (QED) is 0.495. The fourth-order valence-corrected chi connectivity index (χ4v) is 5.21. The van der Waals surface area contributed by atoms with E-state index >= 15 is 0 Å². The van der Waals surface area contributed by atoms with Crippen LogP contribution < -0.4 is 5.32 Å². The number of nitrogens with one attached hydrogen (secondary N) is 1. The molecule has 3 aliphatic heterocycles. The minimum Gasteiger partial charge on any atom is -0.462 e. The maximum atomic E-state index is 13.6. The number of benzene rings is 1. The topological polar surface area (TPSA) is 124 Å². The molecule has 3 atom stereocenters. The molecule has 5 rings (SSSR count). The fraction of sp³-hybridized carbons (Fsp3) is 0.444. The molecular weight excluding hydrogens is 478 g/mol. The smallest absolute Gasteiger partial charge is 0.408 e. The number of fused-ring (bicyclic) bond motifs is 5. The van der Waals surface area contributed by atoms with Crippen molar-refractivity contribution >= 4 is 40.5 Å². The van der Waals surface area contributed by atoms with E-state index < -0.39 is 47.6 Å². The molecule has 2 unspecified atom stereocenters. The number of nitrogens with zero attached hydrogens (tertiary/aromatic N) is 2. The van der Waals surface area contributed by atoms with Crippen molar-refractivity contribution in [3.05, 3.63) is 47.7 Å². The zero-order chi connectivity index (χ0) is 26.5. The molecule has 10 heteroatoms. The van der Waals surface area contributed by atoms with Gasteiger partial charge in [-0.3, -0.25) is 9.59 Å². The van der Waals surface area contributed by atoms with Crippen LogP contribution in [0.3, 0.4) is 0 Å². The van der Waals surface area contributed by atoms with E-state index in [0.717, 1.165) is 16.5 Å². The van der Waals surface area contributed by atoms with E-state index in [1.165, 1.54) is 0 Å². The van der Waals surface area contributed by atoms with Crippen LogP contribution in [0.1, 0.15) is 45.4 Å². The van der Waals surface area contributed by atoms with E-state index in [2.05, 4.69) is 5.32 Å². The van der Waals surface area contributed by atoms with Gasteiger partial charge in [-0.1, -0.05) is 25.1 Å². The Labute approximate surface area is 213 Å². The molecular formula is C27H29N3O7. The highest BCUT2D eigenvalue weighted by atomic mass is 16.6. The molecule has 2 aromatic rings. The van der Waals surface area contributed by atoms with Gasteiger partial charge >= 0.3 is 18.0 Å². The van der Waals surface area contributed by atoms with Gasteiger partial charge in [-0.25, -0.2) is 14.6 Å². The molecule has 1 fully saturated rings. The predicted molar refractivity (Wildman–Crippen MR) is 132 cm³/mol. The highest BCUT2D eigenvalue weighted by molar-refractivity contribution is 5.98. The number of amides is 2. The van der Waals surface area contributed by atoms with Crippen LogP contribution in [0.15, 0.2) is 36.4 Å². The summed E-state index contributed by atoms with van der Waals surface area (Å²) in [7, 11) is 0. The van der Waals surface area contributed by atoms with Gasteiger partial charge in [-0.2, -0.15) is 0 Å². The number of cyclic esters (lactones) is 1. The lowest BCUT2D eigenvalue weighted by atomic mass is 9.72. The molecule has 0 saturated carbocycles. The molecule has 3 aliphatic rings. The number of alkyl carbamates (subject to hydrolysis) is 1. The molecule has 1 aromatic carbocycles. The lowest BCUT2D eigenvalue weighted by Crippen LogP contribution is -2.61. The normalized spacial score (nSPS) is 24.4. The number of rotatable bonds is 4. The SMILES string of the molecule is CC[C@@]1(OC(=O)CNC(=O)OC(C)(C)C)C(=O)OCC2C(=O)N3Cc4cc5ccccc5nc4C3=CC21. The number of pyridine rings is 1. The molecule has 10 nitrogen and oxygen atoms in total. The summed E-state index contributed by atoms with van der Waals surface area (Å²) in [6.07, 6.45) is 1.11. The molecule has 0 radical (unpaired) electrons. The van der Waals surface area contributed by atoms with Crippen molar-refractivity contribution < 1.29 is 33.4 Å². The number of esters is 2. The van der Waals surface area contributed by atoms with Gasteiger partial charge in [0.15, 0.2) is 0 Å². The van der Waals surface area contributed by atoms with Crippen LogP contribution in [-0.2, 0) is 35.1 Å². The van der Waals surface area contributed by atoms with Crippen LogP contribution in [0, 0.1) is 11.8 Å². The Kier molecular flexibility index (Phi) is 5.92. The van der Waals surface area contributed by atoms with Crippen LogP contribution >= 0.6 is 0 Å². The van der Waals surface area contributed by atoms with E-state index in [0.29, 0.717) is 17.9 Å². The van der Waals surface area contributed by atoms with Crippen molar-refractivity contribution in [3.63, 3.8) is 0 Å². The summed E-state index contributed by atoms with van der Waals surface area (Å²) in [6, 6.07) is 9.72. The molecule has 0 bridgehead atoms. The molecule has 194 valence electrons. The third kappa shape index (κ3) is 4.30. The Morgan fingerprint density at radius 1 is 1.24 bits per heavy atom. The summed E-state index contributed by atoms with van der Waals surface area (Å²) >= 11 is 0. The summed E-state index contributed by atoms with van der Waals surface area (Å²) in [5.74, 6) is -3.23. The Balaban J connectivity index is 1.46. The Bertz CT molecular complexity index is 1350. The van der Waals surface area contributed by atoms with Gasteiger partial charge in [0.05, 0.1) is 29.4 Å². The zero-order valence-electron chi connectivity index (χ0n) is 21.2. The van der Waals surface area contributed by atoms with Crippen LogP contribution in [-0.4, -0.2) is 58.2 Å². The van der Waals surface area contributed by atoms with Gasteiger partial charge in [0.25, 0.3) is 0 Å². The average Bonchev–Trinajstić information content (AvgIpc) is 3.20. The van der Waals surface area contributed by atoms with Crippen LogP contribution in [0.25, 0.3) is 16.6 Å². The first-order valence-electron chi connectivity index (χ1n) is 12.3. The summed E-state index contributed by atoms with van der Waals surface area (Å²) in [4.78, 5) is 57.9. The summed E-state index contributed by atoms with van der Waals surface area (Å²) in [5.41, 5.74) is 0.517. The highest BCUT2D eigenvalue weighted by Gasteiger charge is 2.59. The third-order valence-corrected chi connectivity index (χ3v) is 6.89. The minimum absolute atomic E-state index is 0.0836. The molecule has 0 spiro atoms. The number of carbonyl (C=O) groups is 4. The van der Waals surface area contributed by atoms with Crippen molar-refractivity contribution in [1.82, 2.24) is 15.2 Å². The standard InChI is InChI=1S/C27H29N3O7/c1-5-27(36-21(31)12-28-25(34)37-26(2,3)4)18-11-20-22-16(10-15-8-6-7-9-19(15)29-22)13-30(20)23(32)17(18)14-35-24(27)33/h6-11,17-18H,5,12-14H2,1-4H3,(H,28,34)/t17?,18?,27-/m0/s1. The second-order valence-corrected chi connectivity index (χ2v) is 10.5. The first-order valence-corrected chi connectivity index (χ1v) is 12.3. The Hall–Kier alpha value is -3.95. The summed E-state index contributed by atoms with van der Waals surface area (Å²) in [6.45, 7) is 6.55. The van der Waals surface area contributed by atoms with Gasteiger partial charge in [0, 0.05) is 16.9 Å². The van der Waals surface area contributed by atoms with Crippen molar-refractivity contribution in [2.24, 2.45) is 11.8 Å². The van der Waals surface area contributed by atoms with E-state index in [9.17, 15) is 19.2 Å². The lowest BCUT2D eigenvalue weighted by Gasteiger charge is -2.46. The number of carbonyl (C=O) groups excluding carboxylic acids is 4. The minimum atomic E-state index is -1.72. The second kappa shape index (κ2) is 8.86. The van der Waals surface area contributed by atoms with Crippen LogP contribution in [0.2, 0.25) is 0 Å². The van der Waals surface area contributed by atoms with Crippen molar-refractivity contribution in [2.45, 2.75) is 51.9 Å². The van der Waals surface area contributed by atoms with Crippen molar-refractivity contribution in [2.75, 3.05) is 13.2 Å². The third-order valence-electron chi connectivity index (χ3n) is 6.89. The Morgan fingerprint density at radius 3 is 2.73 bits per heavy atom. The van der Waals surface area contributed by atoms with Crippen molar-refractivity contribution in [1.29, 1.82) is 0 Å². The highest BCUT2D eigenvalue weighted by Crippen LogP contribution is 2.47. The summed E-state index contributed by atoms with van der Waals surface area (Å²) in [5, 5.41) is 3.32. The number of hydrogen-bond donors (Lipinski definition) is 1. The van der Waals surface area contributed by atoms with E-state index in [4.69, 9.17) is 19.2 Å². The van der Waals surface area contributed by atoms with E-state index in [1.807, 2.05) is 36.4 Å². The summed E-state index contributed by atoms with van der Waals surface area (Å²) < 4.78 is 16.3. The molecule has 1 N–H and O–H groups in total. The van der Waals surface area contributed by atoms with E-state index in [-0.39, 0.29) is 18.9 Å². The molecule has 0 aliphatic carbocycles. The Morgan fingerprint density at radius 2 is 2.00 bits per heavy atom. The number of hydrogen-bond acceptors (Lipinski definition) is 8. The first kappa shape index (κ1) is 24.7. The largest absolute Gasteiger partial charge is 0.462 e. The maximum Gasteiger partial charge on any atom is 0.408 e. The molecule has 2 amide bonds. The molecule has 4 heterocycles.